The van der Waals surface area contributed by atoms with Gasteiger partial charge < -0.3 is 0 Å². The predicted octanol–water partition coefficient (Wildman–Crippen LogP) is 4.97. The second-order valence-corrected chi connectivity index (χ2v) is 5.42. The monoisotopic (exact) mass is 276 g/mol. The molecular formula is C14H16ClF3. The van der Waals surface area contributed by atoms with Gasteiger partial charge in [-0.05, 0) is 42.4 Å². The molecule has 0 radical (unpaired) electrons. The van der Waals surface area contributed by atoms with Crippen molar-refractivity contribution in [3.63, 3.8) is 0 Å². The molecule has 1 aromatic rings. The van der Waals surface area contributed by atoms with Crippen LogP contribution in [0.4, 0.5) is 13.2 Å². The van der Waals surface area contributed by atoms with Gasteiger partial charge in [0.05, 0.1) is 0 Å². The summed E-state index contributed by atoms with van der Waals surface area (Å²) in [6, 6.07) is 6.26. The van der Waals surface area contributed by atoms with Crippen LogP contribution >= 0.6 is 11.6 Å². The molecule has 4 heteroatoms. The molecule has 1 aliphatic rings. The van der Waals surface area contributed by atoms with E-state index in [4.69, 9.17) is 11.6 Å². The fourth-order valence-corrected chi connectivity index (χ4v) is 3.00. The SMILES string of the molecule is Fc1cccc(C(CCl)CC2CCC(F)(F)C2)c1. The number of halogens is 4. The first-order chi connectivity index (χ1) is 8.50. The minimum absolute atomic E-state index is 0.00739. The number of hydrogen-bond acceptors (Lipinski definition) is 0. The van der Waals surface area contributed by atoms with Crippen molar-refractivity contribution in [3.8, 4) is 0 Å². The highest BCUT2D eigenvalue weighted by molar-refractivity contribution is 6.18. The van der Waals surface area contributed by atoms with E-state index in [1.165, 1.54) is 12.1 Å². The topological polar surface area (TPSA) is 0 Å². The standard InChI is InChI=1S/C14H16ClF3/c15-9-12(11-2-1-3-13(16)7-11)6-10-4-5-14(17,18)8-10/h1-3,7,10,12H,4-6,8-9H2. The van der Waals surface area contributed by atoms with Crippen LogP contribution in [0.25, 0.3) is 0 Å². The Morgan fingerprint density at radius 2 is 2.17 bits per heavy atom. The average Bonchev–Trinajstić information content (AvgIpc) is 2.65. The van der Waals surface area contributed by atoms with Gasteiger partial charge in [0.15, 0.2) is 0 Å². The summed E-state index contributed by atoms with van der Waals surface area (Å²) >= 11 is 5.89. The van der Waals surface area contributed by atoms with Gasteiger partial charge in [-0.25, -0.2) is 13.2 Å². The molecule has 1 saturated carbocycles. The van der Waals surface area contributed by atoms with Crippen LogP contribution in [-0.4, -0.2) is 11.8 Å². The lowest BCUT2D eigenvalue weighted by Gasteiger charge is -2.19. The van der Waals surface area contributed by atoms with Gasteiger partial charge in [-0.3, -0.25) is 0 Å². The molecule has 18 heavy (non-hydrogen) atoms. The lowest BCUT2D eigenvalue weighted by molar-refractivity contribution is 0.00451. The molecule has 0 saturated heterocycles. The van der Waals surface area contributed by atoms with Gasteiger partial charge in [0.2, 0.25) is 5.92 Å². The van der Waals surface area contributed by atoms with Crippen molar-refractivity contribution in [3.05, 3.63) is 35.6 Å². The summed E-state index contributed by atoms with van der Waals surface area (Å²) in [7, 11) is 0. The Labute approximate surface area is 110 Å². The summed E-state index contributed by atoms with van der Waals surface area (Å²) in [5.74, 6) is -2.54. The summed E-state index contributed by atoms with van der Waals surface area (Å²) in [6.07, 6.45) is 1.06. The zero-order valence-corrected chi connectivity index (χ0v) is 10.8. The molecule has 2 atom stereocenters. The van der Waals surface area contributed by atoms with Gasteiger partial charge in [0, 0.05) is 18.7 Å². The van der Waals surface area contributed by atoms with Crippen molar-refractivity contribution in [1.82, 2.24) is 0 Å². The molecule has 0 aliphatic heterocycles. The van der Waals surface area contributed by atoms with Crippen molar-refractivity contribution in [2.45, 2.75) is 37.5 Å². The zero-order chi connectivity index (χ0) is 13.2. The largest absolute Gasteiger partial charge is 0.248 e. The molecule has 2 rings (SSSR count). The molecule has 0 bridgehead atoms. The van der Waals surface area contributed by atoms with E-state index in [9.17, 15) is 13.2 Å². The molecule has 0 nitrogen and oxygen atoms in total. The van der Waals surface area contributed by atoms with Crippen molar-refractivity contribution >= 4 is 11.6 Å². The molecule has 0 aromatic heterocycles. The molecule has 0 heterocycles. The first kappa shape index (κ1) is 13.7. The van der Waals surface area contributed by atoms with E-state index in [1.807, 2.05) is 6.07 Å². The summed E-state index contributed by atoms with van der Waals surface area (Å²) in [4.78, 5) is 0. The van der Waals surface area contributed by atoms with Crippen molar-refractivity contribution in [1.29, 1.82) is 0 Å². The fraction of sp³-hybridized carbons (Fsp3) is 0.571. The maximum Gasteiger partial charge on any atom is 0.248 e. The van der Waals surface area contributed by atoms with Crippen molar-refractivity contribution in [2.24, 2.45) is 5.92 Å². The smallest absolute Gasteiger partial charge is 0.207 e. The van der Waals surface area contributed by atoms with Crippen LogP contribution in [0.1, 0.15) is 37.2 Å². The highest BCUT2D eigenvalue weighted by Gasteiger charge is 2.39. The number of hydrogen-bond donors (Lipinski definition) is 0. The molecule has 1 aromatic carbocycles. The Kier molecular flexibility index (Phi) is 4.21. The molecule has 100 valence electrons. The van der Waals surface area contributed by atoms with E-state index in [0.717, 1.165) is 5.56 Å². The minimum atomic E-state index is -2.52. The Hall–Kier alpha value is -0.700. The second kappa shape index (κ2) is 5.52. The fourth-order valence-electron chi connectivity index (χ4n) is 2.69. The summed E-state index contributed by atoms with van der Waals surface area (Å²) in [5.41, 5.74) is 0.806. The molecule has 1 fully saturated rings. The van der Waals surface area contributed by atoms with Crippen LogP contribution in [0.5, 0.6) is 0 Å². The van der Waals surface area contributed by atoms with Crippen LogP contribution < -0.4 is 0 Å². The molecule has 0 N–H and O–H groups in total. The van der Waals surface area contributed by atoms with Gasteiger partial charge in [0.25, 0.3) is 0 Å². The quantitative estimate of drug-likeness (QED) is 0.681. The van der Waals surface area contributed by atoms with Crippen LogP contribution in [0.15, 0.2) is 24.3 Å². The molecule has 1 aliphatic carbocycles. The van der Waals surface area contributed by atoms with Gasteiger partial charge in [0.1, 0.15) is 5.82 Å². The van der Waals surface area contributed by atoms with Crippen LogP contribution in [0, 0.1) is 11.7 Å². The number of alkyl halides is 3. The van der Waals surface area contributed by atoms with Crippen LogP contribution in [-0.2, 0) is 0 Å². The number of rotatable bonds is 4. The lowest BCUT2D eigenvalue weighted by atomic mass is 9.89. The van der Waals surface area contributed by atoms with E-state index in [1.54, 1.807) is 6.07 Å². The average molecular weight is 277 g/mol. The van der Waals surface area contributed by atoms with E-state index >= 15 is 0 Å². The predicted molar refractivity (Wildman–Crippen MR) is 66.8 cm³/mol. The van der Waals surface area contributed by atoms with Gasteiger partial charge in [-0.1, -0.05) is 12.1 Å². The first-order valence-corrected chi connectivity index (χ1v) is 6.73. The normalized spacial score (nSPS) is 24.1. The second-order valence-electron chi connectivity index (χ2n) is 5.11. The van der Waals surface area contributed by atoms with Crippen LogP contribution in [0.3, 0.4) is 0 Å². The zero-order valence-electron chi connectivity index (χ0n) is 10.0. The molecule has 0 amide bonds. The maximum absolute atomic E-state index is 13.1. The number of benzene rings is 1. The summed E-state index contributed by atoms with van der Waals surface area (Å²) in [5, 5.41) is 0. The summed E-state index contributed by atoms with van der Waals surface area (Å²) < 4.78 is 39.4. The molecule has 0 spiro atoms. The molecular weight excluding hydrogens is 261 g/mol. The molecule has 2 unspecified atom stereocenters. The summed E-state index contributed by atoms with van der Waals surface area (Å²) in [6.45, 7) is 0. The van der Waals surface area contributed by atoms with Crippen molar-refractivity contribution < 1.29 is 13.2 Å². The third-order valence-corrected chi connectivity index (χ3v) is 4.00. The third-order valence-electron chi connectivity index (χ3n) is 3.63. The van der Waals surface area contributed by atoms with Crippen molar-refractivity contribution in [2.75, 3.05) is 5.88 Å². The highest BCUT2D eigenvalue weighted by atomic mass is 35.5. The Morgan fingerprint density at radius 1 is 1.39 bits per heavy atom. The van der Waals surface area contributed by atoms with Gasteiger partial charge in [-0.2, -0.15) is 0 Å². The minimum Gasteiger partial charge on any atom is -0.207 e. The maximum atomic E-state index is 13.1. The van der Waals surface area contributed by atoms with E-state index < -0.39 is 5.92 Å². The first-order valence-electron chi connectivity index (χ1n) is 6.19. The Balaban J connectivity index is 2.02. The van der Waals surface area contributed by atoms with E-state index in [2.05, 4.69) is 0 Å². The third kappa shape index (κ3) is 3.41. The van der Waals surface area contributed by atoms with Crippen LogP contribution in [0.2, 0.25) is 0 Å². The Bertz CT molecular complexity index is 406. The van der Waals surface area contributed by atoms with E-state index in [0.29, 0.717) is 18.7 Å². The van der Waals surface area contributed by atoms with E-state index in [-0.39, 0.29) is 30.5 Å². The van der Waals surface area contributed by atoms with Gasteiger partial charge >= 0.3 is 0 Å². The highest BCUT2D eigenvalue weighted by Crippen LogP contribution is 2.43. The Morgan fingerprint density at radius 3 is 2.72 bits per heavy atom. The lowest BCUT2D eigenvalue weighted by Crippen LogP contribution is -2.12. The van der Waals surface area contributed by atoms with Gasteiger partial charge in [-0.15, -0.1) is 11.6 Å².